The number of rotatable bonds is 4. The van der Waals surface area contributed by atoms with E-state index >= 15 is 0 Å². The van der Waals surface area contributed by atoms with E-state index in [4.69, 9.17) is 9.88 Å². The topological polar surface area (TPSA) is 103 Å². The lowest BCUT2D eigenvalue weighted by Crippen LogP contribution is -2.35. The average Bonchev–Trinajstić information content (AvgIpc) is 2.96. The minimum Gasteiger partial charge on any atom is -0.379 e. The Morgan fingerprint density at radius 2 is 1.86 bits per heavy atom. The number of aromatic nitrogens is 3. The molecule has 1 aromatic heterocycles. The first kappa shape index (κ1) is 15.1. The van der Waals surface area contributed by atoms with Crippen LogP contribution in [0.25, 0.3) is 5.69 Å². The lowest BCUT2D eigenvalue weighted by atomic mass is 10.3. The van der Waals surface area contributed by atoms with Crippen molar-refractivity contribution in [3.63, 3.8) is 0 Å². The second-order valence-electron chi connectivity index (χ2n) is 5.08. The fourth-order valence-corrected chi connectivity index (χ4v) is 2.79. The van der Waals surface area contributed by atoms with Crippen LogP contribution in [-0.2, 0) is 21.3 Å². The van der Waals surface area contributed by atoms with Crippen molar-refractivity contribution in [2.24, 2.45) is 5.14 Å². The van der Waals surface area contributed by atoms with E-state index in [-0.39, 0.29) is 4.90 Å². The largest absolute Gasteiger partial charge is 0.379 e. The number of hydrogen-bond acceptors (Lipinski definition) is 6. The predicted molar refractivity (Wildman–Crippen MR) is 78.8 cm³/mol. The van der Waals surface area contributed by atoms with Gasteiger partial charge in [0.25, 0.3) is 0 Å². The lowest BCUT2D eigenvalue weighted by Gasteiger charge is -2.25. The van der Waals surface area contributed by atoms with Crippen molar-refractivity contribution < 1.29 is 13.2 Å². The molecule has 0 bridgehead atoms. The Kier molecular flexibility index (Phi) is 4.21. The predicted octanol–water partition coefficient (Wildman–Crippen LogP) is -0.253. The first-order valence-electron chi connectivity index (χ1n) is 6.87. The van der Waals surface area contributed by atoms with E-state index in [9.17, 15) is 8.42 Å². The fraction of sp³-hybridized carbons (Fsp3) is 0.385. The van der Waals surface area contributed by atoms with Gasteiger partial charge in [0.1, 0.15) is 0 Å². The van der Waals surface area contributed by atoms with E-state index in [1.807, 2.05) is 6.20 Å². The van der Waals surface area contributed by atoms with Crippen LogP contribution in [0.5, 0.6) is 0 Å². The first-order valence-corrected chi connectivity index (χ1v) is 8.41. The van der Waals surface area contributed by atoms with Crippen molar-refractivity contribution in [1.82, 2.24) is 19.9 Å². The first-order chi connectivity index (χ1) is 10.5. The van der Waals surface area contributed by atoms with Gasteiger partial charge in [-0.2, -0.15) is 0 Å². The summed E-state index contributed by atoms with van der Waals surface area (Å²) in [6, 6.07) is 6.20. The highest BCUT2D eigenvalue weighted by Gasteiger charge is 2.13. The van der Waals surface area contributed by atoms with Gasteiger partial charge in [-0.15, -0.1) is 5.10 Å². The van der Waals surface area contributed by atoms with Crippen LogP contribution in [0, 0.1) is 0 Å². The number of hydrogen-bond donors (Lipinski definition) is 1. The molecule has 22 heavy (non-hydrogen) atoms. The molecule has 0 saturated carbocycles. The smallest absolute Gasteiger partial charge is 0.238 e. The Morgan fingerprint density at radius 3 is 2.50 bits per heavy atom. The second kappa shape index (κ2) is 6.13. The van der Waals surface area contributed by atoms with Gasteiger partial charge in [0.15, 0.2) is 0 Å². The van der Waals surface area contributed by atoms with E-state index in [2.05, 4.69) is 15.2 Å². The molecule has 8 nitrogen and oxygen atoms in total. The molecule has 1 fully saturated rings. The van der Waals surface area contributed by atoms with Crippen molar-refractivity contribution in [2.45, 2.75) is 11.4 Å². The Morgan fingerprint density at radius 1 is 1.18 bits per heavy atom. The molecule has 0 atom stereocenters. The zero-order valence-corrected chi connectivity index (χ0v) is 12.7. The lowest BCUT2D eigenvalue weighted by molar-refractivity contribution is 0.0336. The molecule has 3 rings (SSSR count). The molecule has 0 radical (unpaired) electrons. The number of ether oxygens (including phenoxy) is 1. The van der Waals surface area contributed by atoms with Crippen LogP contribution in [0.3, 0.4) is 0 Å². The summed E-state index contributed by atoms with van der Waals surface area (Å²) < 4.78 is 29.4. The van der Waals surface area contributed by atoms with Gasteiger partial charge in [0, 0.05) is 19.6 Å². The fourth-order valence-electron chi connectivity index (χ4n) is 2.27. The number of nitrogens with zero attached hydrogens (tertiary/aromatic N) is 4. The summed E-state index contributed by atoms with van der Waals surface area (Å²) in [6.45, 7) is 3.97. The third kappa shape index (κ3) is 3.50. The third-order valence-corrected chi connectivity index (χ3v) is 4.39. The third-order valence-electron chi connectivity index (χ3n) is 3.46. The van der Waals surface area contributed by atoms with E-state index in [1.165, 1.54) is 12.1 Å². The minimum atomic E-state index is -3.68. The molecule has 0 unspecified atom stereocenters. The molecule has 0 spiro atoms. The normalized spacial score (nSPS) is 16.8. The number of morpholine rings is 1. The summed E-state index contributed by atoms with van der Waals surface area (Å²) >= 11 is 0. The van der Waals surface area contributed by atoms with Crippen molar-refractivity contribution >= 4 is 10.0 Å². The van der Waals surface area contributed by atoms with Crippen molar-refractivity contribution in [3.05, 3.63) is 36.2 Å². The van der Waals surface area contributed by atoms with Crippen LogP contribution in [0.1, 0.15) is 5.69 Å². The molecule has 2 aromatic rings. The summed E-state index contributed by atoms with van der Waals surface area (Å²) in [5.74, 6) is 0. The Hall–Kier alpha value is -1.81. The second-order valence-corrected chi connectivity index (χ2v) is 6.64. The highest BCUT2D eigenvalue weighted by atomic mass is 32.2. The molecule has 1 aromatic carbocycles. The molecule has 0 aliphatic carbocycles. The molecule has 2 heterocycles. The Labute approximate surface area is 128 Å². The van der Waals surface area contributed by atoms with Gasteiger partial charge in [-0.25, -0.2) is 18.2 Å². The van der Waals surface area contributed by atoms with Crippen molar-refractivity contribution in [3.8, 4) is 5.69 Å². The molecular formula is C13H17N5O3S. The number of nitrogens with two attached hydrogens (primary N) is 1. The molecule has 1 saturated heterocycles. The molecular weight excluding hydrogens is 306 g/mol. The summed E-state index contributed by atoms with van der Waals surface area (Å²) in [5, 5.41) is 13.3. The standard InChI is InChI=1S/C13H17N5O3S/c14-22(19,20)13-3-1-12(2-4-13)18-10-11(15-16-18)9-17-5-7-21-8-6-17/h1-4,10H,5-9H2,(H2,14,19,20). The van der Waals surface area contributed by atoms with Crippen LogP contribution in [0.2, 0.25) is 0 Å². The van der Waals surface area contributed by atoms with Crippen LogP contribution < -0.4 is 5.14 Å². The molecule has 0 amide bonds. The summed E-state index contributed by atoms with van der Waals surface area (Å²) in [5.41, 5.74) is 1.59. The van der Waals surface area contributed by atoms with Crippen molar-refractivity contribution in [1.29, 1.82) is 0 Å². The van der Waals surface area contributed by atoms with Gasteiger partial charge >= 0.3 is 0 Å². The summed E-state index contributed by atoms with van der Waals surface area (Å²) in [6.07, 6.45) is 1.83. The zero-order valence-electron chi connectivity index (χ0n) is 11.9. The van der Waals surface area contributed by atoms with E-state index in [0.717, 1.165) is 44.2 Å². The van der Waals surface area contributed by atoms with Gasteiger partial charge in [0.05, 0.1) is 35.7 Å². The molecule has 118 valence electrons. The maximum absolute atomic E-state index is 11.2. The maximum Gasteiger partial charge on any atom is 0.238 e. The van der Waals surface area contributed by atoms with Crippen molar-refractivity contribution in [2.75, 3.05) is 26.3 Å². The Balaban J connectivity index is 1.73. The van der Waals surface area contributed by atoms with Crippen LogP contribution >= 0.6 is 0 Å². The van der Waals surface area contributed by atoms with E-state index in [1.54, 1.807) is 16.8 Å². The number of benzene rings is 1. The van der Waals surface area contributed by atoms with Crippen LogP contribution in [0.4, 0.5) is 0 Å². The van der Waals surface area contributed by atoms with Gasteiger partial charge < -0.3 is 4.74 Å². The molecule has 2 N–H and O–H groups in total. The summed E-state index contributed by atoms with van der Waals surface area (Å²) in [4.78, 5) is 2.33. The molecule has 1 aliphatic heterocycles. The van der Waals surface area contributed by atoms with Crippen LogP contribution in [-0.4, -0.2) is 54.6 Å². The van der Waals surface area contributed by atoms with Gasteiger partial charge in [-0.1, -0.05) is 5.21 Å². The summed E-state index contributed by atoms with van der Waals surface area (Å²) in [7, 11) is -3.68. The van der Waals surface area contributed by atoms with E-state index in [0.29, 0.717) is 0 Å². The number of sulfonamides is 1. The van der Waals surface area contributed by atoms with Gasteiger partial charge in [0.2, 0.25) is 10.0 Å². The highest BCUT2D eigenvalue weighted by Crippen LogP contribution is 2.13. The quantitative estimate of drug-likeness (QED) is 0.832. The monoisotopic (exact) mass is 323 g/mol. The SMILES string of the molecule is NS(=O)(=O)c1ccc(-n2cc(CN3CCOCC3)nn2)cc1. The highest BCUT2D eigenvalue weighted by molar-refractivity contribution is 7.89. The number of primary sulfonamides is 1. The maximum atomic E-state index is 11.2. The zero-order chi connectivity index (χ0) is 15.6. The molecule has 9 heteroatoms. The van der Waals surface area contributed by atoms with Gasteiger partial charge in [-0.3, -0.25) is 4.90 Å². The Bertz CT molecular complexity index is 735. The van der Waals surface area contributed by atoms with Crippen LogP contribution in [0.15, 0.2) is 35.4 Å². The molecule has 1 aliphatic rings. The van der Waals surface area contributed by atoms with Gasteiger partial charge in [-0.05, 0) is 24.3 Å². The van der Waals surface area contributed by atoms with E-state index < -0.39 is 10.0 Å². The average molecular weight is 323 g/mol. The minimum absolute atomic E-state index is 0.0740.